The number of para-hydroxylation sites is 1. The molecule has 4 rings (SSSR count). The minimum absolute atomic E-state index is 0.127. The van der Waals surface area contributed by atoms with Gasteiger partial charge in [0.25, 0.3) is 5.56 Å². The van der Waals surface area contributed by atoms with Crippen LogP contribution in [0.25, 0.3) is 0 Å². The first-order chi connectivity index (χ1) is 12.7. The summed E-state index contributed by atoms with van der Waals surface area (Å²) in [6.07, 6.45) is 3.04. The van der Waals surface area contributed by atoms with Crippen molar-refractivity contribution in [1.82, 2.24) is 14.5 Å². The van der Waals surface area contributed by atoms with E-state index >= 15 is 0 Å². The maximum absolute atomic E-state index is 12.7. The molecule has 1 atom stereocenters. The Hall–Kier alpha value is -2.83. The maximum atomic E-state index is 12.7. The first-order valence-electron chi connectivity index (χ1n) is 9.00. The first kappa shape index (κ1) is 16.6. The Morgan fingerprint density at radius 1 is 1.19 bits per heavy atom. The van der Waals surface area contributed by atoms with Gasteiger partial charge in [0.1, 0.15) is 5.75 Å². The number of piperidine rings is 1. The number of likely N-dealkylation sites (tertiary alicyclic amines) is 1. The summed E-state index contributed by atoms with van der Waals surface area (Å²) >= 11 is 0. The number of fused-ring (bicyclic) bond motifs is 1. The molecule has 2 aliphatic rings. The molecule has 0 aliphatic carbocycles. The molecule has 3 heterocycles. The summed E-state index contributed by atoms with van der Waals surface area (Å²) in [5, 5.41) is 3.27. The van der Waals surface area contributed by atoms with Gasteiger partial charge >= 0.3 is 0 Å². The molecular formula is C19H23N5O2. The number of methoxy groups -OCH3 is 1. The van der Waals surface area contributed by atoms with Crippen LogP contribution in [0.2, 0.25) is 0 Å². The Bertz CT molecular complexity index is 899. The molecule has 1 N–H and O–H groups in total. The fourth-order valence-corrected chi connectivity index (χ4v) is 3.59. The van der Waals surface area contributed by atoms with Gasteiger partial charge in [-0.3, -0.25) is 14.7 Å². The van der Waals surface area contributed by atoms with Crippen molar-refractivity contribution < 1.29 is 4.74 Å². The van der Waals surface area contributed by atoms with Crippen molar-refractivity contribution in [2.45, 2.75) is 32.4 Å². The van der Waals surface area contributed by atoms with Crippen molar-refractivity contribution in [2.24, 2.45) is 4.99 Å². The molecule has 0 spiro atoms. The fourth-order valence-electron chi connectivity index (χ4n) is 3.59. The van der Waals surface area contributed by atoms with Crippen molar-refractivity contribution >= 4 is 11.9 Å². The number of aryl methyl sites for hydroxylation is 1. The van der Waals surface area contributed by atoms with E-state index in [0.29, 0.717) is 17.4 Å². The normalized spacial score (nSPS) is 19.4. The molecule has 26 heavy (non-hydrogen) atoms. The summed E-state index contributed by atoms with van der Waals surface area (Å²) in [7, 11) is 1.63. The number of hydrogen-bond acceptors (Lipinski definition) is 6. The van der Waals surface area contributed by atoms with Crippen LogP contribution in [0.4, 0.5) is 5.95 Å². The van der Waals surface area contributed by atoms with E-state index < -0.39 is 6.17 Å². The van der Waals surface area contributed by atoms with Crippen LogP contribution < -0.4 is 15.6 Å². The van der Waals surface area contributed by atoms with Crippen molar-refractivity contribution in [3.05, 3.63) is 51.9 Å². The summed E-state index contributed by atoms with van der Waals surface area (Å²) in [5.74, 6) is 2.01. The molecule has 1 aromatic heterocycles. The van der Waals surface area contributed by atoms with E-state index in [-0.39, 0.29) is 5.56 Å². The summed E-state index contributed by atoms with van der Waals surface area (Å²) in [6.45, 7) is 3.75. The summed E-state index contributed by atoms with van der Waals surface area (Å²) in [4.78, 5) is 24.4. The van der Waals surface area contributed by atoms with Gasteiger partial charge in [-0.15, -0.1) is 0 Å². The van der Waals surface area contributed by atoms with Crippen molar-refractivity contribution in [3.8, 4) is 5.75 Å². The Balaban J connectivity index is 1.86. The predicted molar refractivity (Wildman–Crippen MR) is 101 cm³/mol. The third kappa shape index (κ3) is 2.94. The minimum Gasteiger partial charge on any atom is -0.496 e. The average Bonchev–Trinajstić information content (AvgIpc) is 2.67. The highest BCUT2D eigenvalue weighted by atomic mass is 16.5. The quantitative estimate of drug-likeness (QED) is 0.897. The number of rotatable bonds is 2. The molecule has 1 aromatic carbocycles. The second kappa shape index (κ2) is 6.82. The van der Waals surface area contributed by atoms with Gasteiger partial charge in [0.05, 0.1) is 7.11 Å². The number of nitrogens with zero attached hydrogens (tertiary/aromatic N) is 4. The number of hydrogen-bond donors (Lipinski definition) is 1. The lowest BCUT2D eigenvalue weighted by molar-refractivity contribution is 0.335. The molecule has 0 amide bonds. The van der Waals surface area contributed by atoms with Gasteiger partial charge in [-0.1, -0.05) is 18.2 Å². The topological polar surface area (TPSA) is 71.8 Å². The zero-order valence-corrected chi connectivity index (χ0v) is 15.1. The van der Waals surface area contributed by atoms with Crippen LogP contribution in [-0.2, 0) is 0 Å². The number of aliphatic imine (C=N–C) groups is 1. The molecule has 0 saturated carbocycles. The number of guanidine groups is 1. The van der Waals surface area contributed by atoms with E-state index in [2.05, 4.69) is 15.2 Å². The molecule has 136 valence electrons. The summed E-state index contributed by atoms with van der Waals surface area (Å²) in [6, 6.07) is 9.22. The van der Waals surface area contributed by atoms with E-state index in [1.807, 2.05) is 31.2 Å². The summed E-state index contributed by atoms with van der Waals surface area (Å²) < 4.78 is 7.11. The number of benzene rings is 1. The van der Waals surface area contributed by atoms with Crippen LogP contribution >= 0.6 is 0 Å². The van der Waals surface area contributed by atoms with Crippen LogP contribution in [0, 0.1) is 6.92 Å². The predicted octanol–water partition coefficient (Wildman–Crippen LogP) is 2.37. The van der Waals surface area contributed by atoms with Gasteiger partial charge in [-0.25, -0.2) is 9.98 Å². The molecule has 2 aromatic rings. The molecular weight excluding hydrogens is 330 g/mol. The summed E-state index contributed by atoms with van der Waals surface area (Å²) in [5.41, 5.74) is 1.41. The lowest BCUT2D eigenvalue weighted by Gasteiger charge is -2.34. The average molecular weight is 353 g/mol. The number of nitrogens with one attached hydrogen (secondary N) is 1. The van der Waals surface area contributed by atoms with Crippen molar-refractivity contribution in [1.29, 1.82) is 0 Å². The van der Waals surface area contributed by atoms with Crippen LogP contribution in [0.3, 0.4) is 0 Å². The van der Waals surface area contributed by atoms with Crippen LogP contribution in [0.1, 0.15) is 36.7 Å². The van der Waals surface area contributed by atoms with E-state index in [9.17, 15) is 4.79 Å². The highest BCUT2D eigenvalue weighted by molar-refractivity contribution is 5.93. The van der Waals surface area contributed by atoms with Gasteiger partial charge in [0, 0.05) is 30.4 Å². The van der Waals surface area contributed by atoms with Gasteiger partial charge in [0.15, 0.2) is 6.17 Å². The number of aromatic nitrogens is 2. The molecule has 0 bridgehead atoms. The third-order valence-electron chi connectivity index (χ3n) is 4.87. The van der Waals surface area contributed by atoms with E-state index in [0.717, 1.165) is 37.5 Å². The van der Waals surface area contributed by atoms with E-state index in [4.69, 9.17) is 9.73 Å². The second-order valence-corrected chi connectivity index (χ2v) is 6.67. The van der Waals surface area contributed by atoms with Crippen molar-refractivity contribution in [3.63, 3.8) is 0 Å². The third-order valence-corrected chi connectivity index (χ3v) is 4.87. The molecule has 1 unspecified atom stereocenters. The fraction of sp³-hybridized carbons (Fsp3) is 0.421. The standard InChI is InChI=1S/C19H23N5O2/c1-13-12-16(25)24-17(14-8-4-5-9-15(14)26-2)21-18(22-19(24)20-13)23-10-6-3-7-11-23/h4-5,8-9,12,17H,3,6-7,10-11H2,1-2H3,(H,20,21,22). The SMILES string of the molecule is COc1ccccc1C1N=C(N2CCCCC2)Nc2nc(C)cc(=O)n21. The lowest BCUT2D eigenvalue weighted by atomic mass is 10.1. The van der Waals surface area contributed by atoms with Crippen LogP contribution in [-0.4, -0.2) is 40.6 Å². The Kier molecular flexibility index (Phi) is 4.36. The number of ether oxygens (including phenoxy) is 1. The Morgan fingerprint density at radius 3 is 2.73 bits per heavy atom. The molecule has 7 heteroatoms. The van der Waals surface area contributed by atoms with Gasteiger partial charge in [0.2, 0.25) is 11.9 Å². The largest absolute Gasteiger partial charge is 0.496 e. The molecule has 7 nitrogen and oxygen atoms in total. The molecule has 1 fully saturated rings. The highest BCUT2D eigenvalue weighted by Crippen LogP contribution is 2.32. The molecule has 1 saturated heterocycles. The smallest absolute Gasteiger partial charge is 0.257 e. The van der Waals surface area contributed by atoms with Gasteiger partial charge < -0.3 is 9.64 Å². The van der Waals surface area contributed by atoms with Crippen LogP contribution in [0.15, 0.2) is 40.1 Å². The first-order valence-corrected chi connectivity index (χ1v) is 9.00. The second-order valence-electron chi connectivity index (χ2n) is 6.67. The van der Waals surface area contributed by atoms with E-state index in [1.165, 1.54) is 12.5 Å². The molecule has 0 radical (unpaired) electrons. The van der Waals surface area contributed by atoms with E-state index in [1.54, 1.807) is 11.7 Å². The lowest BCUT2D eigenvalue weighted by Crippen LogP contribution is -2.45. The van der Waals surface area contributed by atoms with Gasteiger partial charge in [-0.2, -0.15) is 0 Å². The van der Waals surface area contributed by atoms with Gasteiger partial charge in [-0.05, 0) is 32.3 Å². The maximum Gasteiger partial charge on any atom is 0.257 e. The highest BCUT2D eigenvalue weighted by Gasteiger charge is 2.29. The number of anilines is 1. The van der Waals surface area contributed by atoms with Crippen LogP contribution in [0.5, 0.6) is 5.75 Å². The Labute approximate surface area is 152 Å². The van der Waals surface area contributed by atoms with Crippen molar-refractivity contribution in [2.75, 3.05) is 25.5 Å². The molecule has 2 aliphatic heterocycles. The Morgan fingerprint density at radius 2 is 1.96 bits per heavy atom. The zero-order valence-electron chi connectivity index (χ0n) is 15.1. The zero-order chi connectivity index (χ0) is 18.1. The monoisotopic (exact) mass is 353 g/mol. The minimum atomic E-state index is -0.500.